The number of pyridine rings is 1. The summed E-state index contributed by atoms with van der Waals surface area (Å²) in [5, 5.41) is 3.72. The first-order valence-corrected chi connectivity index (χ1v) is 8.06. The van der Waals surface area contributed by atoms with Crippen LogP contribution in [0.3, 0.4) is 0 Å². The molecule has 0 radical (unpaired) electrons. The molecule has 0 spiro atoms. The molecule has 4 nitrogen and oxygen atoms in total. The summed E-state index contributed by atoms with van der Waals surface area (Å²) in [6, 6.07) is 11.3. The van der Waals surface area contributed by atoms with Crippen molar-refractivity contribution in [2.75, 3.05) is 0 Å². The van der Waals surface area contributed by atoms with Crippen LogP contribution >= 0.6 is 11.6 Å². The van der Waals surface area contributed by atoms with Gasteiger partial charge in [0.05, 0.1) is 6.04 Å². The molecule has 1 aromatic carbocycles. The van der Waals surface area contributed by atoms with E-state index in [0.717, 1.165) is 11.1 Å². The summed E-state index contributed by atoms with van der Waals surface area (Å²) in [4.78, 5) is 18.4. The number of nitrogens with one attached hydrogen (secondary N) is 1. The van der Waals surface area contributed by atoms with Crippen molar-refractivity contribution in [3.8, 4) is 0 Å². The second-order valence-corrected chi connectivity index (χ2v) is 6.24. The first-order valence-electron chi connectivity index (χ1n) is 7.69. The van der Waals surface area contributed by atoms with Crippen LogP contribution in [0.5, 0.6) is 0 Å². The summed E-state index contributed by atoms with van der Waals surface area (Å²) in [5.74, 6) is 0. The van der Waals surface area contributed by atoms with E-state index < -0.39 is 0 Å². The van der Waals surface area contributed by atoms with Gasteiger partial charge < -0.3 is 10.2 Å². The molecule has 0 unspecified atom stereocenters. The molecule has 0 aliphatic carbocycles. The topological polar surface area (TPSA) is 45.2 Å². The fraction of sp³-hybridized carbons (Fsp3) is 0.333. The Morgan fingerprint density at radius 2 is 1.91 bits per heavy atom. The zero-order chi connectivity index (χ0) is 16.8. The summed E-state index contributed by atoms with van der Waals surface area (Å²) < 4.78 is 0. The van der Waals surface area contributed by atoms with E-state index in [1.54, 1.807) is 17.3 Å². The predicted octanol–water partition coefficient (Wildman–Crippen LogP) is 4.42. The first kappa shape index (κ1) is 17.3. The Balaban J connectivity index is 2.06. The third-order valence-electron chi connectivity index (χ3n) is 3.67. The Bertz CT molecular complexity index is 646. The molecule has 2 aromatic rings. The summed E-state index contributed by atoms with van der Waals surface area (Å²) in [6.07, 6.45) is 3.45. The second-order valence-electron chi connectivity index (χ2n) is 5.80. The van der Waals surface area contributed by atoms with Gasteiger partial charge in [-0.05, 0) is 56.2 Å². The summed E-state index contributed by atoms with van der Waals surface area (Å²) in [5.41, 5.74) is 2.04. The smallest absolute Gasteiger partial charge is 0.318 e. The lowest BCUT2D eigenvalue weighted by Gasteiger charge is -2.29. The van der Waals surface area contributed by atoms with Gasteiger partial charge in [-0.25, -0.2) is 4.79 Å². The van der Waals surface area contributed by atoms with Crippen LogP contribution in [0, 0.1) is 0 Å². The van der Waals surface area contributed by atoms with Crippen molar-refractivity contribution in [3.05, 3.63) is 64.9 Å². The maximum Gasteiger partial charge on any atom is 0.318 e. The molecule has 1 N–H and O–H groups in total. The predicted molar refractivity (Wildman–Crippen MR) is 93.3 cm³/mol. The molecule has 0 saturated carbocycles. The number of carbonyl (C=O) groups is 1. The molecule has 1 aromatic heterocycles. The zero-order valence-electron chi connectivity index (χ0n) is 13.7. The van der Waals surface area contributed by atoms with Crippen molar-refractivity contribution in [2.24, 2.45) is 0 Å². The van der Waals surface area contributed by atoms with E-state index in [4.69, 9.17) is 11.6 Å². The number of nitrogens with zero attached hydrogens (tertiary/aromatic N) is 2. The molecule has 2 rings (SSSR count). The van der Waals surface area contributed by atoms with Crippen LogP contribution in [0.25, 0.3) is 0 Å². The molecule has 0 aliphatic heterocycles. The number of urea groups is 1. The Hall–Kier alpha value is -2.07. The Morgan fingerprint density at radius 3 is 2.52 bits per heavy atom. The molecular weight excluding hydrogens is 310 g/mol. The summed E-state index contributed by atoms with van der Waals surface area (Å²) in [6.45, 7) is 6.49. The number of rotatable bonds is 5. The lowest BCUT2D eigenvalue weighted by Crippen LogP contribution is -2.44. The fourth-order valence-corrected chi connectivity index (χ4v) is 2.54. The quantitative estimate of drug-likeness (QED) is 0.881. The number of amides is 2. The van der Waals surface area contributed by atoms with Crippen LogP contribution in [0.15, 0.2) is 48.8 Å². The molecule has 1 atom stereocenters. The number of aromatic nitrogens is 1. The number of halogens is 1. The van der Waals surface area contributed by atoms with Crippen molar-refractivity contribution in [1.29, 1.82) is 0 Å². The van der Waals surface area contributed by atoms with Crippen LogP contribution in [0.1, 0.15) is 37.9 Å². The van der Waals surface area contributed by atoms with Crippen molar-refractivity contribution < 1.29 is 4.79 Å². The molecule has 0 fully saturated rings. The molecule has 5 heteroatoms. The number of benzene rings is 1. The van der Waals surface area contributed by atoms with E-state index >= 15 is 0 Å². The highest BCUT2D eigenvalue weighted by Gasteiger charge is 2.19. The van der Waals surface area contributed by atoms with Gasteiger partial charge >= 0.3 is 6.03 Å². The van der Waals surface area contributed by atoms with Crippen LogP contribution in [0.2, 0.25) is 5.02 Å². The van der Waals surface area contributed by atoms with Crippen molar-refractivity contribution in [2.45, 2.75) is 39.4 Å². The van der Waals surface area contributed by atoms with Gasteiger partial charge in [0.15, 0.2) is 0 Å². The zero-order valence-corrected chi connectivity index (χ0v) is 14.4. The van der Waals surface area contributed by atoms with Crippen LogP contribution < -0.4 is 5.32 Å². The monoisotopic (exact) mass is 331 g/mol. The van der Waals surface area contributed by atoms with E-state index in [-0.39, 0.29) is 18.1 Å². The highest BCUT2D eigenvalue weighted by molar-refractivity contribution is 6.30. The van der Waals surface area contributed by atoms with Crippen molar-refractivity contribution in [1.82, 2.24) is 15.2 Å². The molecule has 2 amide bonds. The average molecular weight is 332 g/mol. The average Bonchev–Trinajstić information content (AvgIpc) is 2.53. The third-order valence-corrected chi connectivity index (χ3v) is 3.91. The maximum atomic E-state index is 12.6. The first-order chi connectivity index (χ1) is 11.0. The highest BCUT2D eigenvalue weighted by Crippen LogP contribution is 2.16. The second kappa shape index (κ2) is 7.97. The van der Waals surface area contributed by atoms with Gasteiger partial charge in [-0.2, -0.15) is 0 Å². The highest BCUT2D eigenvalue weighted by atomic mass is 35.5. The van der Waals surface area contributed by atoms with E-state index in [1.807, 2.05) is 57.2 Å². The van der Waals surface area contributed by atoms with E-state index in [2.05, 4.69) is 10.3 Å². The maximum absolute atomic E-state index is 12.6. The summed E-state index contributed by atoms with van der Waals surface area (Å²) in [7, 11) is 0. The Labute approximate surface area is 142 Å². The molecule has 1 heterocycles. The molecule has 23 heavy (non-hydrogen) atoms. The normalized spacial score (nSPS) is 12.0. The van der Waals surface area contributed by atoms with Gasteiger partial charge in [0.1, 0.15) is 0 Å². The molecule has 0 aliphatic rings. The SMILES string of the molecule is CC(C)N(Cc1cccc(Cl)c1)C(=O)N[C@H](C)c1ccncc1. The number of carbonyl (C=O) groups excluding carboxylic acids is 1. The fourth-order valence-electron chi connectivity index (χ4n) is 2.32. The van der Waals surface area contributed by atoms with Gasteiger partial charge in [-0.3, -0.25) is 4.98 Å². The lowest BCUT2D eigenvalue weighted by atomic mass is 10.1. The van der Waals surface area contributed by atoms with Crippen LogP contribution in [-0.4, -0.2) is 22.0 Å². The molecule has 0 bridgehead atoms. The Morgan fingerprint density at radius 1 is 1.22 bits per heavy atom. The lowest BCUT2D eigenvalue weighted by molar-refractivity contribution is 0.176. The minimum Gasteiger partial charge on any atom is -0.331 e. The summed E-state index contributed by atoms with van der Waals surface area (Å²) >= 11 is 6.03. The number of hydrogen-bond acceptors (Lipinski definition) is 2. The third kappa shape index (κ3) is 4.96. The van der Waals surface area contributed by atoms with Crippen molar-refractivity contribution in [3.63, 3.8) is 0 Å². The van der Waals surface area contributed by atoms with E-state index in [1.165, 1.54) is 0 Å². The van der Waals surface area contributed by atoms with Crippen LogP contribution in [-0.2, 0) is 6.54 Å². The Kier molecular flexibility index (Phi) is 5.99. The van der Waals surface area contributed by atoms with Crippen molar-refractivity contribution >= 4 is 17.6 Å². The number of hydrogen-bond donors (Lipinski definition) is 1. The van der Waals surface area contributed by atoms with Gasteiger partial charge in [-0.1, -0.05) is 23.7 Å². The van der Waals surface area contributed by atoms with Gasteiger partial charge in [-0.15, -0.1) is 0 Å². The largest absolute Gasteiger partial charge is 0.331 e. The van der Waals surface area contributed by atoms with Gasteiger partial charge in [0.2, 0.25) is 0 Å². The minimum atomic E-state index is -0.0933. The van der Waals surface area contributed by atoms with Gasteiger partial charge in [0.25, 0.3) is 0 Å². The van der Waals surface area contributed by atoms with Gasteiger partial charge in [0, 0.05) is 30.0 Å². The van der Waals surface area contributed by atoms with E-state index in [9.17, 15) is 4.79 Å². The molecule has 0 saturated heterocycles. The van der Waals surface area contributed by atoms with E-state index in [0.29, 0.717) is 11.6 Å². The molecular formula is C18H22ClN3O. The molecule has 122 valence electrons. The standard InChI is InChI=1S/C18H22ClN3O/c1-13(2)22(12-15-5-4-6-17(19)11-15)18(23)21-14(3)16-7-9-20-10-8-16/h4-11,13-14H,12H2,1-3H3,(H,21,23)/t14-/m1/s1. The van der Waals surface area contributed by atoms with Crippen LogP contribution in [0.4, 0.5) is 4.79 Å². The minimum absolute atomic E-state index is 0.0777.